The second kappa shape index (κ2) is 10.4. The number of aliphatic imine (C=N–C) groups is 1. The first kappa shape index (κ1) is 19.7. The lowest BCUT2D eigenvalue weighted by Crippen LogP contribution is -2.41. The van der Waals surface area contributed by atoms with Crippen molar-refractivity contribution in [2.75, 3.05) is 26.3 Å². The lowest BCUT2D eigenvalue weighted by atomic mass is 10.1. The van der Waals surface area contributed by atoms with Crippen molar-refractivity contribution in [1.82, 2.24) is 25.4 Å². The Kier molecular flexibility index (Phi) is 8.19. The molecule has 0 spiro atoms. The molecule has 1 aliphatic rings. The topological polar surface area (TPSA) is 89.5 Å². The SMILES string of the molecule is Cn1ncnc1CN=C(NCCc1ccco1)NCC1CCOC1.I. The number of rotatable bonds is 7. The van der Waals surface area contributed by atoms with E-state index in [2.05, 4.69) is 25.7 Å². The van der Waals surface area contributed by atoms with Crippen LogP contribution in [-0.4, -0.2) is 47.0 Å². The highest BCUT2D eigenvalue weighted by Crippen LogP contribution is 2.10. The highest BCUT2D eigenvalue weighted by molar-refractivity contribution is 14.0. The van der Waals surface area contributed by atoms with Gasteiger partial charge < -0.3 is 19.8 Å². The minimum absolute atomic E-state index is 0. The third-order valence-corrected chi connectivity index (χ3v) is 4.01. The Morgan fingerprint density at radius 2 is 2.36 bits per heavy atom. The van der Waals surface area contributed by atoms with Gasteiger partial charge in [-0.2, -0.15) is 5.10 Å². The normalized spacial score (nSPS) is 17.3. The number of furan rings is 1. The van der Waals surface area contributed by atoms with Crippen LogP contribution in [0.15, 0.2) is 34.1 Å². The highest BCUT2D eigenvalue weighted by Gasteiger charge is 2.15. The molecule has 1 fully saturated rings. The number of hydrogen-bond donors (Lipinski definition) is 2. The van der Waals surface area contributed by atoms with E-state index in [1.54, 1.807) is 10.9 Å². The van der Waals surface area contributed by atoms with E-state index < -0.39 is 0 Å². The van der Waals surface area contributed by atoms with Crippen LogP contribution in [0.3, 0.4) is 0 Å². The molecule has 1 unspecified atom stereocenters. The molecule has 0 radical (unpaired) electrons. The quantitative estimate of drug-likeness (QED) is 0.369. The van der Waals surface area contributed by atoms with Crippen LogP contribution in [0.5, 0.6) is 0 Å². The molecular formula is C16H25IN6O2. The summed E-state index contributed by atoms with van der Waals surface area (Å²) in [5.41, 5.74) is 0. The lowest BCUT2D eigenvalue weighted by Gasteiger charge is -2.14. The van der Waals surface area contributed by atoms with E-state index in [1.807, 2.05) is 19.2 Å². The van der Waals surface area contributed by atoms with Gasteiger partial charge in [0.2, 0.25) is 0 Å². The van der Waals surface area contributed by atoms with Gasteiger partial charge in [-0.05, 0) is 18.6 Å². The molecule has 2 aromatic heterocycles. The van der Waals surface area contributed by atoms with Crippen LogP contribution >= 0.6 is 24.0 Å². The minimum Gasteiger partial charge on any atom is -0.469 e. The highest BCUT2D eigenvalue weighted by atomic mass is 127. The first-order valence-corrected chi connectivity index (χ1v) is 8.26. The van der Waals surface area contributed by atoms with Crippen LogP contribution in [0.4, 0.5) is 0 Å². The van der Waals surface area contributed by atoms with E-state index in [9.17, 15) is 0 Å². The van der Waals surface area contributed by atoms with Crippen molar-refractivity contribution < 1.29 is 9.15 Å². The molecule has 0 saturated carbocycles. The summed E-state index contributed by atoms with van der Waals surface area (Å²) >= 11 is 0. The maximum Gasteiger partial charge on any atom is 0.191 e. The molecule has 1 aliphatic heterocycles. The molecule has 8 nitrogen and oxygen atoms in total. The number of aryl methyl sites for hydroxylation is 1. The van der Waals surface area contributed by atoms with Crippen molar-refractivity contribution in [3.63, 3.8) is 0 Å². The second-order valence-electron chi connectivity index (χ2n) is 5.83. The van der Waals surface area contributed by atoms with Crippen LogP contribution in [0.25, 0.3) is 0 Å². The standard InChI is InChI=1S/C16H24N6O2.HI/c1-22-15(20-12-21-22)10-19-16(18-9-13-5-8-23-11-13)17-6-4-14-3-2-7-24-14;/h2-3,7,12-13H,4-6,8-11H2,1H3,(H2,17,18,19);1H. The fraction of sp³-hybridized carbons (Fsp3) is 0.562. The Labute approximate surface area is 164 Å². The van der Waals surface area contributed by atoms with Gasteiger partial charge in [0.25, 0.3) is 0 Å². The zero-order chi connectivity index (χ0) is 16.6. The zero-order valence-corrected chi connectivity index (χ0v) is 16.7. The Balaban J connectivity index is 0.00000225. The fourth-order valence-electron chi connectivity index (χ4n) is 2.53. The van der Waals surface area contributed by atoms with Crippen LogP contribution < -0.4 is 10.6 Å². The average Bonchev–Trinajstić information content (AvgIpc) is 3.33. The number of hydrogen-bond acceptors (Lipinski definition) is 5. The van der Waals surface area contributed by atoms with E-state index in [-0.39, 0.29) is 24.0 Å². The molecule has 0 aliphatic carbocycles. The first-order valence-electron chi connectivity index (χ1n) is 8.26. The predicted molar refractivity (Wildman–Crippen MR) is 105 cm³/mol. The summed E-state index contributed by atoms with van der Waals surface area (Å²) in [5, 5.41) is 10.8. The Morgan fingerprint density at radius 1 is 1.44 bits per heavy atom. The molecule has 138 valence electrons. The van der Waals surface area contributed by atoms with Gasteiger partial charge in [-0.25, -0.2) is 9.98 Å². The van der Waals surface area contributed by atoms with Gasteiger partial charge in [-0.1, -0.05) is 0 Å². The van der Waals surface area contributed by atoms with Gasteiger partial charge in [-0.15, -0.1) is 24.0 Å². The molecule has 0 bridgehead atoms. The summed E-state index contributed by atoms with van der Waals surface area (Å²) in [4.78, 5) is 8.81. The molecule has 9 heteroatoms. The zero-order valence-electron chi connectivity index (χ0n) is 14.4. The van der Waals surface area contributed by atoms with E-state index in [0.717, 1.165) is 56.7 Å². The van der Waals surface area contributed by atoms with E-state index >= 15 is 0 Å². The molecule has 0 amide bonds. The van der Waals surface area contributed by atoms with E-state index in [4.69, 9.17) is 9.15 Å². The number of guanidine groups is 1. The molecular weight excluding hydrogens is 435 g/mol. The van der Waals surface area contributed by atoms with Crippen molar-refractivity contribution in [2.24, 2.45) is 18.0 Å². The Bertz CT molecular complexity index is 637. The summed E-state index contributed by atoms with van der Waals surface area (Å²) in [6.45, 7) is 3.75. The fourth-order valence-corrected chi connectivity index (χ4v) is 2.53. The molecule has 1 atom stereocenters. The molecule has 3 heterocycles. The molecule has 3 rings (SSSR count). The van der Waals surface area contributed by atoms with Gasteiger partial charge in [0.15, 0.2) is 5.96 Å². The Morgan fingerprint density at radius 3 is 3.04 bits per heavy atom. The van der Waals surface area contributed by atoms with Gasteiger partial charge >= 0.3 is 0 Å². The third kappa shape index (κ3) is 6.31. The maximum absolute atomic E-state index is 5.42. The van der Waals surface area contributed by atoms with Gasteiger partial charge in [-0.3, -0.25) is 4.68 Å². The number of nitrogens with zero attached hydrogens (tertiary/aromatic N) is 4. The lowest BCUT2D eigenvalue weighted by molar-refractivity contribution is 0.186. The summed E-state index contributed by atoms with van der Waals surface area (Å²) in [5.74, 6) is 3.10. The smallest absolute Gasteiger partial charge is 0.191 e. The molecule has 25 heavy (non-hydrogen) atoms. The van der Waals surface area contributed by atoms with Gasteiger partial charge in [0.05, 0.1) is 12.9 Å². The van der Waals surface area contributed by atoms with Gasteiger partial charge in [0.1, 0.15) is 24.5 Å². The maximum atomic E-state index is 5.42. The molecule has 2 aromatic rings. The van der Waals surface area contributed by atoms with Crippen LogP contribution in [0.1, 0.15) is 18.0 Å². The summed E-state index contributed by atoms with van der Waals surface area (Å²) < 4.78 is 12.5. The molecule has 1 saturated heterocycles. The minimum atomic E-state index is 0. The largest absolute Gasteiger partial charge is 0.469 e. The van der Waals surface area contributed by atoms with Crippen LogP contribution in [-0.2, 0) is 24.8 Å². The van der Waals surface area contributed by atoms with E-state index in [0.29, 0.717) is 12.5 Å². The van der Waals surface area contributed by atoms with E-state index in [1.165, 1.54) is 6.33 Å². The summed E-state index contributed by atoms with van der Waals surface area (Å²) in [6, 6.07) is 3.87. The van der Waals surface area contributed by atoms with Crippen molar-refractivity contribution >= 4 is 29.9 Å². The third-order valence-electron chi connectivity index (χ3n) is 4.01. The summed E-state index contributed by atoms with van der Waals surface area (Å²) in [7, 11) is 1.87. The first-order chi connectivity index (χ1) is 11.8. The summed E-state index contributed by atoms with van der Waals surface area (Å²) in [6.07, 6.45) is 5.13. The number of halogens is 1. The van der Waals surface area contributed by atoms with Crippen LogP contribution in [0, 0.1) is 5.92 Å². The van der Waals surface area contributed by atoms with Crippen molar-refractivity contribution in [3.05, 3.63) is 36.3 Å². The number of ether oxygens (including phenoxy) is 1. The predicted octanol–water partition coefficient (Wildman–Crippen LogP) is 1.34. The average molecular weight is 460 g/mol. The van der Waals surface area contributed by atoms with Gasteiger partial charge in [0, 0.05) is 39.1 Å². The number of aromatic nitrogens is 3. The van der Waals surface area contributed by atoms with Crippen molar-refractivity contribution in [2.45, 2.75) is 19.4 Å². The van der Waals surface area contributed by atoms with Crippen molar-refractivity contribution in [3.8, 4) is 0 Å². The second-order valence-corrected chi connectivity index (χ2v) is 5.83. The van der Waals surface area contributed by atoms with Crippen LogP contribution in [0.2, 0.25) is 0 Å². The van der Waals surface area contributed by atoms with Crippen molar-refractivity contribution in [1.29, 1.82) is 0 Å². The Hall–Kier alpha value is -1.62. The number of nitrogens with one attached hydrogen (secondary N) is 2. The molecule has 0 aromatic carbocycles. The molecule has 2 N–H and O–H groups in total. The monoisotopic (exact) mass is 460 g/mol.